The second-order valence-electron chi connectivity index (χ2n) is 5.84. The Kier molecular flexibility index (Phi) is 5.96. The number of carbonyl (C=O) groups excluding carboxylic acids is 1. The summed E-state index contributed by atoms with van der Waals surface area (Å²) >= 11 is 6.10. The summed E-state index contributed by atoms with van der Waals surface area (Å²) in [5.41, 5.74) is 1.96. The number of methoxy groups -OCH3 is 2. The molecule has 1 heterocycles. The first-order valence-electron chi connectivity index (χ1n) is 8.41. The van der Waals surface area contributed by atoms with Crippen LogP contribution in [0.3, 0.4) is 0 Å². The molecule has 1 aromatic heterocycles. The van der Waals surface area contributed by atoms with Gasteiger partial charge in [0.1, 0.15) is 17.2 Å². The van der Waals surface area contributed by atoms with Gasteiger partial charge in [-0.15, -0.1) is 0 Å². The van der Waals surface area contributed by atoms with E-state index in [1.165, 1.54) is 0 Å². The summed E-state index contributed by atoms with van der Waals surface area (Å²) in [6, 6.07) is 13.9. The summed E-state index contributed by atoms with van der Waals surface area (Å²) in [5.74, 6) is 1.11. The normalized spacial score (nSPS) is 10.3. The van der Waals surface area contributed by atoms with E-state index in [1.54, 1.807) is 69.7 Å². The van der Waals surface area contributed by atoms with Crippen LogP contribution in [0.4, 0.5) is 17.3 Å². The van der Waals surface area contributed by atoms with Crippen LogP contribution in [0.15, 0.2) is 48.5 Å². The molecule has 7 nitrogen and oxygen atoms in total. The van der Waals surface area contributed by atoms with E-state index in [9.17, 15) is 4.79 Å². The third-order valence-electron chi connectivity index (χ3n) is 3.86. The molecule has 3 aromatic rings. The second-order valence-corrected chi connectivity index (χ2v) is 6.25. The highest BCUT2D eigenvalue weighted by molar-refractivity contribution is 6.33. The third kappa shape index (κ3) is 4.50. The van der Waals surface area contributed by atoms with Crippen molar-refractivity contribution >= 4 is 34.8 Å². The van der Waals surface area contributed by atoms with Gasteiger partial charge in [0.25, 0.3) is 5.91 Å². The molecule has 0 spiro atoms. The van der Waals surface area contributed by atoms with Gasteiger partial charge < -0.3 is 20.1 Å². The van der Waals surface area contributed by atoms with Gasteiger partial charge in [-0.3, -0.25) is 4.79 Å². The van der Waals surface area contributed by atoms with E-state index in [2.05, 4.69) is 20.6 Å². The number of carbonyl (C=O) groups is 1. The number of nitrogens with one attached hydrogen (secondary N) is 2. The predicted molar refractivity (Wildman–Crippen MR) is 109 cm³/mol. The Labute approximate surface area is 167 Å². The number of halogens is 1. The summed E-state index contributed by atoms with van der Waals surface area (Å²) in [6.45, 7) is 1.78. The van der Waals surface area contributed by atoms with E-state index in [-0.39, 0.29) is 17.5 Å². The zero-order valence-electron chi connectivity index (χ0n) is 15.6. The van der Waals surface area contributed by atoms with Crippen LogP contribution in [0, 0.1) is 6.92 Å². The molecule has 0 saturated carbocycles. The molecule has 28 heavy (non-hydrogen) atoms. The van der Waals surface area contributed by atoms with Crippen LogP contribution in [0.1, 0.15) is 16.2 Å². The van der Waals surface area contributed by atoms with E-state index in [1.807, 2.05) is 0 Å². The monoisotopic (exact) mass is 398 g/mol. The maximum Gasteiger partial charge on any atom is 0.274 e. The lowest BCUT2D eigenvalue weighted by Gasteiger charge is -2.13. The number of benzene rings is 2. The molecule has 2 N–H and O–H groups in total. The van der Waals surface area contributed by atoms with Crippen molar-refractivity contribution in [3.05, 3.63) is 64.9 Å². The van der Waals surface area contributed by atoms with Gasteiger partial charge >= 0.3 is 0 Å². The molecule has 0 unspecified atom stereocenters. The average Bonchev–Trinajstić information content (AvgIpc) is 2.69. The molecule has 0 fully saturated rings. The Bertz CT molecular complexity index is 1010. The van der Waals surface area contributed by atoms with Crippen LogP contribution in [-0.2, 0) is 0 Å². The molecule has 0 aliphatic carbocycles. The van der Waals surface area contributed by atoms with Crippen LogP contribution >= 0.6 is 11.6 Å². The lowest BCUT2D eigenvalue weighted by atomic mass is 10.2. The van der Waals surface area contributed by atoms with E-state index >= 15 is 0 Å². The number of rotatable bonds is 6. The Morgan fingerprint density at radius 2 is 1.79 bits per heavy atom. The maximum atomic E-state index is 12.6. The van der Waals surface area contributed by atoms with Crippen molar-refractivity contribution in [3.8, 4) is 11.5 Å². The minimum Gasteiger partial charge on any atom is -0.497 e. The van der Waals surface area contributed by atoms with Gasteiger partial charge in [-0.2, -0.15) is 0 Å². The van der Waals surface area contributed by atoms with Crippen molar-refractivity contribution in [2.75, 3.05) is 24.9 Å². The standard InChI is InChI=1S/C20H19ClN4O3/c1-12-10-17(19(26)23-15-7-5-4-6-14(15)21)25-20(22-12)24-16-11-13(27-2)8-9-18(16)28-3/h4-11H,1-3H3,(H,23,26)(H,22,24,25). The fraction of sp³-hybridized carbons (Fsp3) is 0.150. The molecule has 144 valence electrons. The topological polar surface area (TPSA) is 85.4 Å². The minimum atomic E-state index is -0.390. The quantitative estimate of drug-likeness (QED) is 0.638. The van der Waals surface area contributed by atoms with Crippen LogP contribution in [0.5, 0.6) is 11.5 Å². The Balaban J connectivity index is 1.88. The molecule has 2 aromatic carbocycles. The predicted octanol–water partition coefficient (Wildman–Crippen LogP) is 4.45. The summed E-state index contributed by atoms with van der Waals surface area (Å²) in [4.78, 5) is 21.3. The van der Waals surface area contributed by atoms with Gasteiger partial charge in [0, 0.05) is 11.8 Å². The van der Waals surface area contributed by atoms with Gasteiger partial charge in [0.15, 0.2) is 0 Å². The van der Waals surface area contributed by atoms with Crippen molar-refractivity contribution < 1.29 is 14.3 Å². The first-order chi connectivity index (χ1) is 13.5. The number of aromatic nitrogens is 2. The van der Waals surface area contributed by atoms with Crippen molar-refractivity contribution in [2.24, 2.45) is 0 Å². The molecule has 8 heteroatoms. The van der Waals surface area contributed by atoms with Crippen LogP contribution in [0.2, 0.25) is 5.02 Å². The Morgan fingerprint density at radius 3 is 2.50 bits per heavy atom. The van der Waals surface area contributed by atoms with Crippen LogP contribution in [-0.4, -0.2) is 30.1 Å². The number of nitrogens with zero attached hydrogens (tertiary/aromatic N) is 2. The first kappa shape index (κ1) is 19.4. The Hall–Kier alpha value is -3.32. The summed E-state index contributed by atoms with van der Waals surface area (Å²) < 4.78 is 10.6. The lowest BCUT2D eigenvalue weighted by Crippen LogP contribution is -2.15. The molecule has 0 aliphatic heterocycles. The largest absolute Gasteiger partial charge is 0.497 e. The van der Waals surface area contributed by atoms with E-state index < -0.39 is 0 Å². The molecule has 0 saturated heterocycles. The van der Waals surface area contributed by atoms with Crippen molar-refractivity contribution in [1.82, 2.24) is 9.97 Å². The fourth-order valence-electron chi connectivity index (χ4n) is 2.52. The van der Waals surface area contributed by atoms with Crippen molar-refractivity contribution in [1.29, 1.82) is 0 Å². The first-order valence-corrected chi connectivity index (χ1v) is 8.78. The van der Waals surface area contributed by atoms with Crippen molar-refractivity contribution in [2.45, 2.75) is 6.92 Å². The molecule has 0 aliphatic rings. The fourth-order valence-corrected chi connectivity index (χ4v) is 2.70. The molecule has 3 rings (SSSR count). The smallest absolute Gasteiger partial charge is 0.274 e. The van der Waals surface area contributed by atoms with Crippen LogP contribution < -0.4 is 20.1 Å². The minimum absolute atomic E-state index is 0.205. The molecular weight excluding hydrogens is 380 g/mol. The number of hydrogen-bond acceptors (Lipinski definition) is 6. The molecule has 1 amide bonds. The molecule has 0 bridgehead atoms. The van der Waals surface area contributed by atoms with E-state index in [0.29, 0.717) is 33.6 Å². The summed E-state index contributed by atoms with van der Waals surface area (Å²) in [5, 5.41) is 6.27. The number of anilines is 3. The molecule has 0 radical (unpaired) electrons. The van der Waals surface area contributed by atoms with E-state index in [4.69, 9.17) is 21.1 Å². The van der Waals surface area contributed by atoms with Gasteiger partial charge in [-0.25, -0.2) is 9.97 Å². The van der Waals surface area contributed by atoms with Gasteiger partial charge in [0.05, 0.1) is 30.6 Å². The highest BCUT2D eigenvalue weighted by Gasteiger charge is 2.14. The van der Waals surface area contributed by atoms with Gasteiger partial charge in [0.2, 0.25) is 5.95 Å². The Morgan fingerprint density at radius 1 is 1.00 bits per heavy atom. The number of para-hydroxylation sites is 1. The zero-order chi connectivity index (χ0) is 20.1. The SMILES string of the molecule is COc1ccc(OC)c(Nc2nc(C)cc(C(=O)Nc3ccccc3Cl)n2)c1. The van der Waals surface area contributed by atoms with Crippen molar-refractivity contribution in [3.63, 3.8) is 0 Å². The van der Waals surface area contributed by atoms with Gasteiger partial charge in [-0.1, -0.05) is 23.7 Å². The number of aryl methyl sites for hydroxylation is 1. The van der Waals surface area contributed by atoms with Crippen LogP contribution in [0.25, 0.3) is 0 Å². The summed E-state index contributed by atoms with van der Waals surface area (Å²) in [6.07, 6.45) is 0. The highest BCUT2D eigenvalue weighted by Crippen LogP contribution is 2.30. The number of amides is 1. The molecular formula is C20H19ClN4O3. The maximum absolute atomic E-state index is 12.6. The average molecular weight is 399 g/mol. The summed E-state index contributed by atoms with van der Waals surface area (Å²) in [7, 11) is 3.14. The number of hydrogen-bond donors (Lipinski definition) is 2. The molecule has 0 atom stereocenters. The highest BCUT2D eigenvalue weighted by atomic mass is 35.5. The van der Waals surface area contributed by atoms with E-state index in [0.717, 1.165) is 0 Å². The second kappa shape index (κ2) is 8.58. The number of ether oxygens (including phenoxy) is 2. The lowest BCUT2D eigenvalue weighted by molar-refractivity contribution is 0.102. The zero-order valence-corrected chi connectivity index (χ0v) is 16.4. The third-order valence-corrected chi connectivity index (χ3v) is 4.19. The van der Waals surface area contributed by atoms with Gasteiger partial charge in [-0.05, 0) is 37.3 Å².